The number of carbonyl (C=O) groups excluding carboxylic acids is 3. The van der Waals surface area contributed by atoms with Gasteiger partial charge in [0.05, 0.1) is 18.7 Å². The Morgan fingerprint density at radius 3 is 2.22 bits per heavy atom. The first-order valence-corrected chi connectivity index (χ1v) is 18.3. The second kappa shape index (κ2) is 19.0. The molecule has 1 aliphatic carbocycles. The summed E-state index contributed by atoms with van der Waals surface area (Å²) in [4.78, 5) is 48.4. The Labute approximate surface area is 302 Å². The summed E-state index contributed by atoms with van der Waals surface area (Å²) in [5.41, 5.74) is 7.51. The van der Waals surface area contributed by atoms with Gasteiger partial charge in [-0.25, -0.2) is 9.78 Å². The van der Waals surface area contributed by atoms with Crippen molar-refractivity contribution in [3.05, 3.63) is 90.0 Å². The van der Waals surface area contributed by atoms with Gasteiger partial charge in [-0.15, -0.1) is 0 Å². The Morgan fingerprint density at radius 2 is 1.61 bits per heavy atom. The average Bonchev–Trinajstić information content (AvgIpc) is 3.56. The van der Waals surface area contributed by atoms with Crippen LogP contribution >= 0.6 is 0 Å². The standard InChI is InChI=1S/C40H57N5O6/c1-28(2)23-32(41)37(47)45(38(48)33(24-29-15-9-6-10-16-29)43-39(49)51-40(3,4)5)34(25-30-17-11-7-12-18-30)35(46)36-42-21-22-44(36)27-50-26-31-19-13-8-14-20-31/h6,8-10,13-16,19-22,28,30,32-35,46H,7,11-12,17-18,23-27,41H2,1-5H3,(H,43,49)/t32-,33-,34-,35+/m0/s1. The highest BCUT2D eigenvalue weighted by atomic mass is 16.6. The molecule has 0 saturated heterocycles. The Hall–Kier alpha value is -4.06. The number of nitrogens with zero attached hydrogens (tertiary/aromatic N) is 3. The van der Waals surface area contributed by atoms with E-state index in [1.807, 2.05) is 74.5 Å². The number of nitrogens with one attached hydrogen (secondary N) is 1. The van der Waals surface area contributed by atoms with E-state index in [9.17, 15) is 19.5 Å². The predicted octanol–water partition coefficient (Wildman–Crippen LogP) is 6.29. The highest BCUT2D eigenvalue weighted by molar-refractivity contribution is 6.01. The molecular formula is C40H57N5O6. The van der Waals surface area contributed by atoms with E-state index in [-0.39, 0.29) is 30.8 Å². The number of rotatable bonds is 16. The first-order chi connectivity index (χ1) is 24.3. The van der Waals surface area contributed by atoms with E-state index >= 15 is 0 Å². The lowest BCUT2D eigenvalue weighted by molar-refractivity contribution is -0.154. The van der Waals surface area contributed by atoms with Crippen LogP contribution in [-0.2, 0) is 38.8 Å². The van der Waals surface area contributed by atoms with Crippen LogP contribution in [0.1, 0.15) is 103 Å². The molecule has 3 amide bonds. The molecule has 0 unspecified atom stereocenters. The van der Waals surface area contributed by atoms with Gasteiger partial charge in [-0.05, 0) is 56.6 Å². The maximum absolute atomic E-state index is 15.0. The fraction of sp³-hybridized carbons (Fsp3) is 0.550. The number of nitrogens with two attached hydrogens (primary N) is 1. The Morgan fingerprint density at radius 1 is 0.980 bits per heavy atom. The normalized spacial score (nSPS) is 16.2. The van der Waals surface area contributed by atoms with Crippen molar-refractivity contribution in [2.75, 3.05) is 0 Å². The van der Waals surface area contributed by atoms with Gasteiger partial charge in [0.1, 0.15) is 30.3 Å². The lowest BCUT2D eigenvalue weighted by atomic mass is 9.82. The summed E-state index contributed by atoms with van der Waals surface area (Å²) in [5, 5.41) is 15.1. The number of aliphatic hydroxyl groups excluding tert-OH is 1. The molecule has 11 nitrogen and oxygen atoms in total. The van der Waals surface area contributed by atoms with Crippen LogP contribution in [0.25, 0.3) is 0 Å². The van der Waals surface area contributed by atoms with Crippen LogP contribution < -0.4 is 11.1 Å². The topological polar surface area (TPSA) is 149 Å². The fourth-order valence-corrected chi connectivity index (χ4v) is 6.73. The molecular weight excluding hydrogens is 646 g/mol. The van der Waals surface area contributed by atoms with Crippen molar-refractivity contribution in [1.82, 2.24) is 19.8 Å². The summed E-state index contributed by atoms with van der Waals surface area (Å²) in [6.45, 7) is 9.59. The second-order valence-electron chi connectivity index (χ2n) is 15.1. The summed E-state index contributed by atoms with van der Waals surface area (Å²) >= 11 is 0. The zero-order valence-electron chi connectivity index (χ0n) is 30.9. The van der Waals surface area contributed by atoms with Crippen molar-refractivity contribution >= 4 is 17.9 Å². The molecule has 3 aromatic rings. The number of carbonyl (C=O) groups is 3. The summed E-state index contributed by atoms with van der Waals surface area (Å²) in [7, 11) is 0. The lowest BCUT2D eigenvalue weighted by Crippen LogP contribution is -2.60. The van der Waals surface area contributed by atoms with Gasteiger partial charge in [0.25, 0.3) is 5.91 Å². The maximum Gasteiger partial charge on any atom is 0.408 e. The first kappa shape index (κ1) is 39.7. The molecule has 1 saturated carbocycles. The van der Waals surface area contributed by atoms with E-state index in [0.29, 0.717) is 19.4 Å². The van der Waals surface area contributed by atoms with Crippen LogP contribution in [0.5, 0.6) is 0 Å². The molecule has 1 heterocycles. The van der Waals surface area contributed by atoms with Gasteiger partial charge < -0.3 is 30.2 Å². The summed E-state index contributed by atoms with van der Waals surface area (Å²) < 4.78 is 13.3. The lowest BCUT2D eigenvalue weighted by Gasteiger charge is -2.39. The summed E-state index contributed by atoms with van der Waals surface area (Å²) in [6.07, 6.45) is 6.92. The van der Waals surface area contributed by atoms with Crippen molar-refractivity contribution < 1.29 is 29.0 Å². The Bertz CT molecular complexity index is 1520. The molecule has 51 heavy (non-hydrogen) atoms. The van der Waals surface area contributed by atoms with Gasteiger partial charge in [-0.3, -0.25) is 14.5 Å². The van der Waals surface area contributed by atoms with Gasteiger partial charge in [0.2, 0.25) is 5.91 Å². The molecule has 0 radical (unpaired) electrons. The Kier molecular flexibility index (Phi) is 14.8. The fourth-order valence-electron chi connectivity index (χ4n) is 6.73. The van der Waals surface area contributed by atoms with Crippen LogP contribution in [0.2, 0.25) is 0 Å². The molecule has 0 spiro atoms. The van der Waals surface area contributed by atoms with Gasteiger partial charge in [-0.1, -0.05) is 107 Å². The molecule has 1 aliphatic rings. The molecule has 278 valence electrons. The highest BCUT2D eigenvalue weighted by Gasteiger charge is 2.43. The quantitative estimate of drug-likeness (QED) is 0.158. The van der Waals surface area contributed by atoms with Crippen molar-refractivity contribution in [2.24, 2.45) is 17.6 Å². The van der Waals surface area contributed by atoms with Crippen molar-refractivity contribution in [3.8, 4) is 0 Å². The molecule has 1 aromatic heterocycles. The third kappa shape index (κ3) is 12.3. The minimum absolute atomic E-state index is 0.0725. The van der Waals surface area contributed by atoms with E-state index in [2.05, 4.69) is 10.3 Å². The number of hydrogen-bond acceptors (Lipinski definition) is 8. The van der Waals surface area contributed by atoms with Crippen LogP contribution in [0, 0.1) is 11.8 Å². The minimum atomic E-state index is -1.36. The van der Waals surface area contributed by atoms with Gasteiger partial charge >= 0.3 is 6.09 Å². The number of benzene rings is 2. The molecule has 0 aliphatic heterocycles. The SMILES string of the molecule is CC(C)C[C@H](N)C(=O)N(C(=O)[C@H](Cc1ccccc1)NC(=O)OC(C)(C)C)[C@@H](CC1CCCCC1)[C@@H](O)c1nccn1COCc1ccccc1. The number of aliphatic hydroxyl groups is 1. The van der Waals surface area contributed by atoms with Crippen molar-refractivity contribution in [3.63, 3.8) is 0 Å². The second-order valence-corrected chi connectivity index (χ2v) is 15.1. The van der Waals surface area contributed by atoms with E-state index in [0.717, 1.165) is 48.1 Å². The first-order valence-electron chi connectivity index (χ1n) is 18.3. The zero-order valence-corrected chi connectivity index (χ0v) is 30.9. The molecule has 0 bridgehead atoms. The summed E-state index contributed by atoms with van der Waals surface area (Å²) in [5.74, 6) is -0.759. The number of alkyl carbamates (subject to hydrolysis) is 1. The van der Waals surface area contributed by atoms with E-state index in [1.165, 1.54) is 0 Å². The molecule has 1 fully saturated rings. The highest BCUT2D eigenvalue weighted by Crippen LogP contribution is 2.34. The van der Waals surface area contributed by atoms with Gasteiger partial charge in [-0.2, -0.15) is 0 Å². The number of imide groups is 1. The molecule has 4 atom stereocenters. The van der Waals surface area contributed by atoms with Gasteiger partial charge in [0.15, 0.2) is 0 Å². The van der Waals surface area contributed by atoms with Crippen LogP contribution in [-0.4, -0.2) is 61.2 Å². The van der Waals surface area contributed by atoms with Crippen molar-refractivity contribution in [1.29, 1.82) is 0 Å². The number of imidazole rings is 1. The Balaban J connectivity index is 1.74. The number of aromatic nitrogens is 2. The molecule has 11 heteroatoms. The number of hydrogen-bond donors (Lipinski definition) is 3. The molecule has 4 rings (SSSR count). The number of ether oxygens (including phenoxy) is 2. The smallest absolute Gasteiger partial charge is 0.408 e. The average molecular weight is 704 g/mol. The van der Waals surface area contributed by atoms with Crippen molar-refractivity contribution in [2.45, 2.75) is 129 Å². The zero-order chi connectivity index (χ0) is 37.0. The van der Waals surface area contributed by atoms with Crippen LogP contribution in [0.15, 0.2) is 73.1 Å². The van der Waals surface area contributed by atoms with E-state index < -0.39 is 47.7 Å². The van der Waals surface area contributed by atoms with Crippen LogP contribution in [0.3, 0.4) is 0 Å². The minimum Gasteiger partial charge on any atom is -0.444 e. The molecule has 2 aromatic carbocycles. The van der Waals surface area contributed by atoms with Gasteiger partial charge in [0, 0.05) is 18.8 Å². The van der Waals surface area contributed by atoms with E-state index in [4.69, 9.17) is 15.2 Å². The third-order valence-corrected chi connectivity index (χ3v) is 9.14. The maximum atomic E-state index is 15.0. The third-order valence-electron chi connectivity index (χ3n) is 9.14. The van der Waals surface area contributed by atoms with E-state index in [1.54, 1.807) is 37.7 Å². The predicted molar refractivity (Wildman–Crippen MR) is 196 cm³/mol. The number of amides is 3. The molecule has 4 N–H and O–H groups in total. The monoisotopic (exact) mass is 703 g/mol. The largest absolute Gasteiger partial charge is 0.444 e. The van der Waals surface area contributed by atoms with Crippen LogP contribution in [0.4, 0.5) is 4.79 Å². The summed E-state index contributed by atoms with van der Waals surface area (Å²) in [6, 6.07) is 15.8.